The molecule has 2 N–H and O–H groups in total. The molecule has 0 aliphatic carbocycles. The minimum atomic E-state index is -0.574. The molecule has 2 heterocycles. The van der Waals surface area contributed by atoms with Gasteiger partial charge < -0.3 is 24.2 Å². The van der Waals surface area contributed by atoms with E-state index in [-0.39, 0.29) is 18.8 Å². The second kappa shape index (κ2) is 8.72. The summed E-state index contributed by atoms with van der Waals surface area (Å²) in [6.07, 6.45) is 1.49. The molecule has 8 nitrogen and oxygen atoms in total. The molecule has 8 heteroatoms. The molecule has 2 aromatic heterocycles. The zero-order valence-corrected chi connectivity index (χ0v) is 15.1. The molecular weight excluding hydrogens is 364 g/mol. The van der Waals surface area contributed by atoms with Crippen LogP contribution in [0.4, 0.5) is 5.69 Å². The van der Waals surface area contributed by atoms with Crippen LogP contribution in [0.3, 0.4) is 0 Å². The van der Waals surface area contributed by atoms with Gasteiger partial charge in [-0.25, -0.2) is 4.79 Å². The highest BCUT2D eigenvalue weighted by Crippen LogP contribution is 2.19. The number of aromatic nitrogens is 1. The summed E-state index contributed by atoms with van der Waals surface area (Å²) in [5.74, 6) is -0.182. The number of esters is 1. The molecule has 1 amide bonds. The molecule has 0 atom stereocenters. The number of pyridine rings is 1. The predicted octanol–water partition coefficient (Wildman–Crippen LogP) is 2.83. The van der Waals surface area contributed by atoms with Gasteiger partial charge in [0.1, 0.15) is 17.1 Å². The van der Waals surface area contributed by atoms with Gasteiger partial charge in [0.25, 0.3) is 11.5 Å². The molecule has 0 aliphatic rings. The van der Waals surface area contributed by atoms with Crippen molar-refractivity contribution in [1.82, 2.24) is 4.98 Å². The van der Waals surface area contributed by atoms with Crippen molar-refractivity contribution >= 4 is 17.6 Å². The lowest BCUT2D eigenvalue weighted by Gasteiger charge is -2.09. The molecule has 3 rings (SSSR count). The van der Waals surface area contributed by atoms with E-state index in [0.29, 0.717) is 22.9 Å². The Kier molecular flexibility index (Phi) is 5.91. The number of ether oxygens (including phenoxy) is 2. The van der Waals surface area contributed by atoms with Gasteiger partial charge in [-0.1, -0.05) is 6.07 Å². The molecule has 3 aromatic rings. The Morgan fingerprint density at radius 3 is 2.71 bits per heavy atom. The molecule has 0 bridgehead atoms. The molecular formula is C20H18N2O6. The van der Waals surface area contributed by atoms with E-state index in [1.807, 2.05) is 0 Å². The fraction of sp³-hybridized carbons (Fsp3) is 0.150. The topological polar surface area (TPSA) is 111 Å². The number of nitrogens with one attached hydrogen (secondary N) is 2. The molecule has 0 saturated carbocycles. The summed E-state index contributed by atoms with van der Waals surface area (Å²) in [6, 6.07) is 12.9. The number of hydrogen-bond acceptors (Lipinski definition) is 6. The highest BCUT2D eigenvalue weighted by Gasteiger charge is 2.13. The smallest absolute Gasteiger partial charge is 0.344 e. The number of aromatic amines is 1. The van der Waals surface area contributed by atoms with Crippen molar-refractivity contribution in [3.63, 3.8) is 0 Å². The standard InChI is InChI=1S/C20H18N2O6/c1-2-26-18(23)12-28-14-6-3-5-13(11-14)21-19(24)15-8-9-16(22-20(15)25)17-7-4-10-27-17/h3-11H,2,12H2,1H3,(H,21,24)(H,22,25). The van der Waals surface area contributed by atoms with Gasteiger partial charge in [0.2, 0.25) is 0 Å². The maximum Gasteiger partial charge on any atom is 0.344 e. The fourth-order valence-electron chi connectivity index (χ4n) is 2.43. The summed E-state index contributed by atoms with van der Waals surface area (Å²) in [4.78, 5) is 38.6. The second-order valence-electron chi connectivity index (χ2n) is 5.67. The van der Waals surface area contributed by atoms with Crippen molar-refractivity contribution in [2.24, 2.45) is 0 Å². The number of carbonyl (C=O) groups is 2. The van der Waals surface area contributed by atoms with Crippen molar-refractivity contribution in [3.05, 3.63) is 70.7 Å². The van der Waals surface area contributed by atoms with E-state index in [0.717, 1.165) is 0 Å². The van der Waals surface area contributed by atoms with Crippen LogP contribution in [0.25, 0.3) is 11.5 Å². The number of rotatable bonds is 7. The second-order valence-corrected chi connectivity index (χ2v) is 5.67. The summed E-state index contributed by atoms with van der Waals surface area (Å²) in [6.45, 7) is 1.74. The van der Waals surface area contributed by atoms with Crippen LogP contribution in [-0.4, -0.2) is 30.1 Å². The molecule has 0 unspecified atom stereocenters. The number of benzene rings is 1. The number of furan rings is 1. The normalized spacial score (nSPS) is 10.3. The Hall–Kier alpha value is -3.81. The van der Waals surface area contributed by atoms with Gasteiger partial charge in [0.15, 0.2) is 6.61 Å². The first-order chi connectivity index (χ1) is 13.6. The number of amides is 1. The number of H-pyrrole nitrogens is 1. The first kappa shape index (κ1) is 19.0. The van der Waals surface area contributed by atoms with Crippen molar-refractivity contribution in [2.45, 2.75) is 6.92 Å². The van der Waals surface area contributed by atoms with Gasteiger partial charge >= 0.3 is 5.97 Å². The summed E-state index contributed by atoms with van der Waals surface area (Å²) in [5.41, 5.74) is 0.302. The van der Waals surface area contributed by atoms with Crippen LogP contribution in [-0.2, 0) is 9.53 Å². The van der Waals surface area contributed by atoms with E-state index in [1.165, 1.54) is 12.3 Å². The van der Waals surface area contributed by atoms with Crippen LogP contribution in [0.5, 0.6) is 5.75 Å². The average Bonchev–Trinajstić information content (AvgIpc) is 3.21. The number of hydrogen-bond donors (Lipinski definition) is 2. The molecule has 0 spiro atoms. The minimum Gasteiger partial charge on any atom is -0.482 e. The van der Waals surface area contributed by atoms with Crippen molar-refractivity contribution in [3.8, 4) is 17.2 Å². The van der Waals surface area contributed by atoms with Crippen LogP contribution in [0.2, 0.25) is 0 Å². The first-order valence-corrected chi connectivity index (χ1v) is 8.54. The molecule has 0 aliphatic heterocycles. The van der Waals surface area contributed by atoms with E-state index in [2.05, 4.69) is 10.3 Å². The zero-order chi connectivity index (χ0) is 19.9. The van der Waals surface area contributed by atoms with Gasteiger partial charge in [-0.2, -0.15) is 0 Å². The third-order valence-corrected chi connectivity index (χ3v) is 3.69. The summed E-state index contributed by atoms with van der Waals surface area (Å²) in [5, 5.41) is 2.63. The van der Waals surface area contributed by atoms with Crippen LogP contribution in [0, 0.1) is 0 Å². The summed E-state index contributed by atoms with van der Waals surface area (Å²) >= 11 is 0. The van der Waals surface area contributed by atoms with Crippen molar-refractivity contribution in [1.29, 1.82) is 0 Å². The third-order valence-electron chi connectivity index (χ3n) is 3.69. The van der Waals surface area contributed by atoms with Crippen LogP contribution in [0.15, 0.2) is 64.0 Å². The number of anilines is 1. The highest BCUT2D eigenvalue weighted by atomic mass is 16.6. The van der Waals surface area contributed by atoms with Gasteiger partial charge in [-0.15, -0.1) is 0 Å². The number of carbonyl (C=O) groups excluding carboxylic acids is 2. The lowest BCUT2D eigenvalue weighted by molar-refractivity contribution is -0.145. The van der Waals surface area contributed by atoms with E-state index in [9.17, 15) is 14.4 Å². The fourth-order valence-corrected chi connectivity index (χ4v) is 2.43. The largest absolute Gasteiger partial charge is 0.482 e. The summed E-state index contributed by atoms with van der Waals surface area (Å²) < 4.78 is 15.3. The van der Waals surface area contributed by atoms with Crippen LogP contribution in [0.1, 0.15) is 17.3 Å². The maximum atomic E-state index is 12.4. The van der Waals surface area contributed by atoms with Gasteiger partial charge in [-0.05, 0) is 43.3 Å². The van der Waals surface area contributed by atoms with Crippen molar-refractivity contribution < 1.29 is 23.5 Å². The molecule has 1 aromatic carbocycles. The zero-order valence-electron chi connectivity index (χ0n) is 15.1. The Bertz CT molecular complexity index is 1020. The maximum absolute atomic E-state index is 12.4. The average molecular weight is 382 g/mol. The molecule has 0 saturated heterocycles. The Balaban J connectivity index is 1.68. The monoisotopic (exact) mass is 382 g/mol. The lowest BCUT2D eigenvalue weighted by Crippen LogP contribution is -2.23. The Morgan fingerprint density at radius 1 is 1.14 bits per heavy atom. The Morgan fingerprint density at radius 2 is 2.00 bits per heavy atom. The van der Waals surface area contributed by atoms with Crippen LogP contribution < -0.4 is 15.6 Å². The van der Waals surface area contributed by atoms with E-state index >= 15 is 0 Å². The van der Waals surface area contributed by atoms with Crippen molar-refractivity contribution in [2.75, 3.05) is 18.5 Å². The van der Waals surface area contributed by atoms with E-state index in [1.54, 1.807) is 49.4 Å². The minimum absolute atomic E-state index is 0.0480. The predicted molar refractivity (Wildman–Crippen MR) is 101 cm³/mol. The molecule has 0 radical (unpaired) electrons. The van der Waals surface area contributed by atoms with Gasteiger partial charge in [0.05, 0.1) is 18.6 Å². The lowest BCUT2D eigenvalue weighted by atomic mass is 10.2. The van der Waals surface area contributed by atoms with E-state index in [4.69, 9.17) is 13.9 Å². The highest BCUT2D eigenvalue weighted by molar-refractivity contribution is 6.04. The van der Waals surface area contributed by atoms with Gasteiger partial charge in [0, 0.05) is 11.8 Å². The molecule has 144 valence electrons. The molecule has 28 heavy (non-hydrogen) atoms. The SMILES string of the molecule is CCOC(=O)COc1cccc(NC(=O)c2ccc(-c3ccco3)[nH]c2=O)c1. The third kappa shape index (κ3) is 4.67. The van der Waals surface area contributed by atoms with Gasteiger partial charge in [-0.3, -0.25) is 9.59 Å². The summed E-state index contributed by atoms with van der Waals surface area (Å²) in [7, 11) is 0. The molecule has 0 fully saturated rings. The first-order valence-electron chi connectivity index (χ1n) is 8.54. The quantitative estimate of drug-likeness (QED) is 0.608. The van der Waals surface area contributed by atoms with E-state index < -0.39 is 17.4 Å². The Labute approximate surface area is 160 Å². The van der Waals surface area contributed by atoms with Crippen LogP contribution >= 0.6 is 0 Å².